The number of hydrogen-bond donors (Lipinski definition) is 1. The van der Waals surface area contributed by atoms with Gasteiger partial charge in [0.25, 0.3) is 0 Å². The molecule has 13 heteroatoms. The van der Waals surface area contributed by atoms with E-state index in [1.165, 1.54) is 33.6 Å². The fourth-order valence-corrected chi connectivity index (χ4v) is 11.8. The molecule has 10 nitrogen and oxygen atoms in total. The summed E-state index contributed by atoms with van der Waals surface area (Å²) >= 11 is 10.6. The summed E-state index contributed by atoms with van der Waals surface area (Å²) in [5.74, 6) is 2.07. The minimum Gasteiger partial charge on any atom is -0.497 e. The molecule has 7 aromatic carbocycles. The summed E-state index contributed by atoms with van der Waals surface area (Å²) in [6, 6.07) is 53.0. The number of pyridine rings is 1. The van der Waals surface area contributed by atoms with Crippen molar-refractivity contribution >= 4 is 111 Å². The van der Waals surface area contributed by atoms with Crippen molar-refractivity contribution in [3.05, 3.63) is 281 Å². The zero-order valence-electron chi connectivity index (χ0n) is 49.0. The van der Waals surface area contributed by atoms with Crippen LogP contribution in [0.1, 0.15) is 120 Å². The Morgan fingerprint density at radius 2 is 1.26 bits per heavy atom. The van der Waals surface area contributed by atoms with Crippen LogP contribution in [0.4, 0.5) is 5.69 Å². The fourth-order valence-electron chi connectivity index (χ4n) is 10.2. The minimum absolute atomic E-state index is 0. The van der Waals surface area contributed by atoms with E-state index in [0.29, 0.717) is 49.2 Å². The molecule has 0 aliphatic heterocycles. The van der Waals surface area contributed by atoms with Gasteiger partial charge in [0.2, 0.25) is 5.78 Å². The number of nitrogens with two attached hydrogens (primary N) is 1. The number of benzene rings is 7. The van der Waals surface area contributed by atoms with E-state index in [4.69, 9.17) is 31.2 Å². The molecule has 0 bridgehead atoms. The molecular formula is C75H71BrClN3O7S. The van der Waals surface area contributed by atoms with Gasteiger partial charge in [0, 0.05) is 77.9 Å². The summed E-state index contributed by atoms with van der Waals surface area (Å²) in [6.45, 7) is 9.99. The minimum atomic E-state index is -0.0933. The maximum Gasteiger partial charge on any atom is 0.205 e. The highest BCUT2D eigenvalue weighted by Crippen LogP contribution is 2.37. The molecular weight excluding hydrogens is 1200 g/mol. The monoisotopic (exact) mass is 1270 g/mol. The lowest BCUT2D eigenvalue weighted by molar-refractivity contribution is 0.103. The quantitative estimate of drug-likeness (QED) is 0.0881. The van der Waals surface area contributed by atoms with E-state index in [1.54, 1.807) is 99.2 Å². The van der Waals surface area contributed by atoms with Gasteiger partial charge in [0.15, 0.2) is 17.3 Å². The zero-order valence-corrected chi connectivity index (χ0v) is 52.1. The molecule has 4 heterocycles. The Labute approximate surface area is 532 Å². The summed E-state index contributed by atoms with van der Waals surface area (Å²) in [5, 5.41) is 3.52. The molecule has 11 aromatic rings. The van der Waals surface area contributed by atoms with Crippen molar-refractivity contribution in [2.24, 2.45) is 7.05 Å². The van der Waals surface area contributed by atoms with Crippen LogP contribution in [-0.2, 0) is 19.9 Å². The number of para-hydroxylation sites is 1. The van der Waals surface area contributed by atoms with Gasteiger partial charge in [-0.1, -0.05) is 109 Å². The Hall–Kier alpha value is -9.20. The summed E-state index contributed by atoms with van der Waals surface area (Å²) in [6.07, 6.45) is 11.0. The molecule has 0 saturated heterocycles. The SMILES string of the molecule is C.C.CCc1ccc2oc(C)c(C(=O)c3ccc(Br)cc3)c2c1.COc1ccc(C(=O)/C=C/C2=C(C)Cc3ccccc32)cc1.COc1ccc(C(=O)/C=C/c2cn(C)c3ccccc23)cc1.Cc1cc(C)c2c(N)c(C(=O)c3ccc(Cl)cc3)sc2n1. The molecule has 12 rings (SSSR count). The number of ether oxygens (including phenoxy) is 2. The van der Waals surface area contributed by atoms with Gasteiger partial charge in [-0.2, -0.15) is 0 Å². The number of furan rings is 1. The van der Waals surface area contributed by atoms with Crippen LogP contribution in [0.3, 0.4) is 0 Å². The number of halogens is 2. The van der Waals surface area contributed by atoms with Gasteiger partial charge in [0.05, 0.1) is 25.5 Å². The molecule has 0 unspecified atom stereocenters. The highest BCUT2D eigenvalue weighted by molar-refractivity contribution is 9.10. The number of ketones is 4. The summed E-state index contributed by atoms with van der Waals surface area (Å²) in [5.41, 5.74) is 21.1. The van der Waals surface area contributed by atoms with Crippen LogP contribution in [0.25, 0.3) is 43.7 Å². The van der Waals surface area contributed by atoms with Crippen molar-refractivity contribution in [2.45, 2.75) is 62.3 Å². The molecule has 1 aliphatic rings. The number of nitrogens with zero attached hydrogens (tertiary/aromatic N) is 2. The Morgan fingerprint density at radius 3 is 1.89 bits per heavy atom. The largest absolute Gasteiger partial charge is 0.497 e. The zero-order chi connectivity index (χ0) is 61.2. The molecule has 0 atom stereocenters. The highest BCUT2D eigenvalue weighted by atomic mass is 79.9. The fraction of sp³-hybridized carbons (Fsp3) is 0.160. The van der Waals surface area contributed by atoms with E-state index < -0.39 is 0 Å². The van der Waals surface area contributed by atoms with E-state index in [-0.39, 0.29) is 38.0 Å². The maximum absolute atomic E-state index is 12.8. The van der Waals surface area contributed by atoms with Crippen LogP contribution in [0.5, 0.6) is 11.5 Å². The van der Waals surface area contributed by atoms with Gasteiger partial charge in [-0.25, -0.2) is 4.98 Å². The van der Waals surface area contributed by atoms with Crippen molar-refractivity contribution in [2.75, 3.05) is 20.0 Å². The number of allylic oxidation sites excluding steroid dienone is 5. The Balaban J connectivity index is 0.000000166. The summed E-state index contributed by atoms with van der Waals surface area (Å²) in [4.78, 5) is 55.7. The maximum atomic E-state index is 12.8. The number of methoxy groups -OCH3 is 2. The van der Waals surface area contributed by atoms with Gasteiger partial charge < -0.3 is 24.2 Å². The third kappa shape index (κ3) is 15.3. The van der Waals surface area contributed by atoms with Gasteiger partial charge in [-0.15, -0.1) is 11.3 Å². The number of anilines is 1. The first-order valence-electron chi connectivity index (χ1n) is 27.8. The third-order valence-corrected chi connectivity index (χ3v) is 16.6. The van der Waals surface area contributed by atoms with Crippen LogP contribution in [0, 0.1) is 20.8 Å². The van der Waals surface area contributed by atoms with E-state index in [0.717, 1.165) is 83.3 Å². The van der Waals surface area contributed by atoms with Crippen LogP contribution in [-0.4, -0.2) is 46.9 Å². The highest BCUT2D eigenvalue weighted by Gasteiger charge is 2.22. The second kappa shape index (κ2) is 29.9. The Morgan fingerprint density at radius 1 is 0.693 bits per heavy atom. The van der Waals surface area contributed by atoms with Gasteiger partial charge in [-0.05, 0) is 208 Å². The molecule has 2 N–H and O–H groups in total. The van der Waals surface area contributed by atoms with Crippen LogP contribution in [0.2, 0.25) is 5.02 Å². The van der Waals surface area contributed by atoms with Gasteiger partial charge in [-0.3, -0.25) is 19.2 Å². The number of thiophene rings is 1. The number of hydrogen-bond acceptors (Lipinski definition) is 10. The average Bonchev–Trinajstić information content (AvgIpc) is 2.22. The number of nitrogen functional groups attached to an aromatic ring is 1. The molecule has 4 aromatic heterocycles. The second-order valence-corrected chi connectivity index (χ2v) is 22.9. The molecule has 88 heavy (non-hydrogen) atoms. The predicted octanol–water partition coefficient (Wildman–Crippen LogP) is 19.5. The number of carbonyl (C=O) groups excluding carboxylic acids is 4. The van der Waals surface area contributed by atoms with Gasteiger partial charge in [0.1, 0.15) is 32.5 Å². The van der Waals surface area contributed by atoms with Gasteiger partial charge >= 0.3 is 0 Å². The average molecular weight is 1270 g/mol. The number of rotatable bonds is 13. The number of carbonyl (C=O) groups is 4. The first-order chi connectivity index (χ1) is 41.4. The van der Waals surface area contributed by atoms with Crippen LogP contribution >= 0.6 is 38.9 Å². The first kappa shape index (κ1) is 66.3. The van der Waals surface area contributed by atoms with E-state index in [9.17, 15) is 19.2 Å². The van der Waals surface area contributed by atoms with Crippen molar-refractivity contribution in [1.29, 1.82) is 0 Å². The van der Waals surface area contributed by atoms with Crippen molar-refractivity contribution in [1.82, 2.24) is 9.55 Å². The van der Waals surface area contributed by atoms with E-state index in [1.807, 2.05) is 107 Å². The number of fused-ring (bicyclic) bond motifs is 4. The number of aryl methyl sites for hydroxylation is 5. The molecule has 0 saturated carbocycles. The van der Waals surface area contributed by atoms with E-state index >= 15 is 0 Å². The first-order valence-corrected chi connectivity index (χ1v) is 29.8. The summed E-state index contributed by atoms with van der Waals surface area (Å²) < 4.78 is 19.0. The lowest BCUT2D eigenvalue weighted by Crippen LogP contribution is -2.02. The Bertz CT molecular complexity index is 4420. The standard InChI is InChI=1S/C20H18O2.C19H17NO2.C18H15BrO2.C16H13ClN2OS.2CH4/c1-14-13-16-5-3-4-6-19(16)18(14)11-12-20(21)15-7-9-17(22-2)10-8-15;1-20-13-15(17-5-3-4-6-18(17)20)9-12-19(21)14-7-10-16(22-2)11-8-14;1-3-12-4-9-16-15(10-12)17(11(2)21-16)18(20)13-5-7-14(19)8-6-13;1-8-7-9(2)19-16-12(8)13(18)15(21-16)14(20)10-3-5-11(17)6-4-10;;/h3-12H,13H2,1-2H3;3-13H,1-2H3;4-10H,3H2,1-2H3;3-7H,18H2,1-2H3;2*1H4/b12-11+;12-9+;;;;. The second-order valence-electron chi connectivity index (χ2n) is 20.6. The lowest BCUT2D eigenvalue weighted by atomic mass is 9.99. The molecule has 0 fully saturated rings. The molecule has 0 radical (unpaired) electrons. The van der Waals surface area contributed by atoms with E-state index in [2.05, 4.69) is 75.7 Å². The van der Waals surface area contributed by atoms with Crippen LogP contribution < -0.4 is 15.2 Å². The molecule has 0 amide bonds. The molecule has 448 valence electrons. The smallest absolute Gasteiger partial charge is 0.205 e. The third-order valence-electron chi connectivity index (χ3n) is 14.7. The normalized spacial score (nSPS) is 11.4. The van der Waals surface area contributed by atoms with Crippen molar-refractivity contribution in [3.8, 4) is 11.5 Å². The predicted molar refractivity (Wildman–Crippen MR) is 368 cm³/mol. The van der Waals surface area contributed by atoms with Crippen LogP contribution in [0.15, 0.2) is 209 Å². The molecule has 0 spiro atoms. The topological polar surface area (TPSA) is 144 Å². The number of aromatic nitrogens is 2. The summed E-state index contributed by atoms with van der Waals surface area (Å²) in [7, 11) is 5.23. The van der Waals surface area contributed by atoms with Crippen molar-refractivity contribution in [3.63, 3.8) is 0 Å². The lowest BCUT2D eigenvalue weighted by Gasteiger charge is -2.02. The Kier molecular flexibility index (Phi) is 22.6. The van der Waals surface area contributed by atoms with Crippen molar-refractivity contribution < 1.29 is 33.1 Å². The molecule has 1 aliphatic carbocycles.